The number of methoxy groups -OCH3 is 1. The van der Waals surface area contributed by atoms with Gasteiger partial charge in [0, 0.05) is 33.8 Å². The monoisotopic (exact) mass is 301 g/mol. The number of nitrogens with one attached hydrogen (secondary N) is 2. The van der Waals surface area contributed by atoms with E-state index in [9.17, 15) is 14.4 Å². The molecule has 0 aliphatic carbocycles. The van der Waals surface area contributed by atoms with Crippen molar-refractivity contribution in [3.05, 3.63) is 0 Å². The fraction of sp³-hybridized carbons (Fsp3) is 0.769. The fourth-order valence-corrected chi connectivity index (χ4v) is 2.37. The van der Waals surface area contributed by atoms with Gasteiger partial charge in [0.15, 0.2) is 0 Å². The van der Waals surface area contributed by atoms with Crippen LogP contribution in [0.15, 0.2) is 0 Å². The third-order valence-electron chi connectivity index (χ3n) is 3.75. The summed E-state index contributed by atoms with van der Waals surface area (Å²) in [4.78, 5) is 36.0. The third kappa shape index (κ3) is 4.59. The number of nitrogens with zero attached hydrogens (tertiary/aromatic N) is 1. The smallest absolute Gasteiger partial charge is 0.317 e. The molecule has 0 aromatic rings. The molecule has 1 aliphatic rings. The van der Waals surface area contributed by atoms with E-state index in [0.29, 0.717) is 19.5 Å². The number of hydrogen-bond acceptors (Lipinski definition) is 4. The highest BCUT2D eigenvalue weighted by Crippen LogP contribution is 2.29. The zero-order valence-corrected chi connectivity index (χ0v) is 12.6. The SMILES string of the molecule is CNC(=O)C1(C)CCN(C(=O)NCC(CC(=O)O)OC)C1. The average Bonchev–Trinajstić information content (AvgIpc) is 2.85. The lowest BCUT2D eigenvalue weighted by molar-refractivity contribution is -0.139. The zero-order chi connectivity index (χ0) is 16.0. The van der Waals surface area contributed by atoms with Gasteiger partial charge >= 0.3 is 12.0 Å². The second kappa shape index (κ2) is 7.26. The normalized spacial score (nSPS) is 22.7. The van der Waals surface area contributed by atoms with Crippen LogP contribution in [-0.2, 0) is 14.3 Å². The maximum atomic E-state index is 12.0. The maximum absolute atomic E-state index is 12.0. The fourth-order valence-electron chi connectivity index (χ4n) is 2.37. The first-order valence-electron chi connectivity index (χ1n) is 6.82. The van der Waals surface area contributed by atoms with E-state index in [2.05, 4.69) is 10.6 Å². The van der Waals surface area contributed by atoms with Crippen LogP contribution in [0.2, 0.25) is 0 Å². The minimum Gasteiger partial charge on any atom is -0.481 e. The standard InChI is InChI=1S/C13H23N3O5/c1-13(11(19)14-2)4-5-16(8-13)12(20)15-7-9(21-3)6-10(17)18/h9H,4-8H2,1-3H3,(H,14,19)(H,15,20)(H,17,18). The molecule has 2 unspecified atom stereocenters. The number of hydrogen-bond donors (Lipinski definition) is 3. The van der Waals surface area contributed by atoms with Gasteiger partial charge in [-0.3, -0.25) is 9.59 Å². The molecule has 0 radical (unpaired) electrons. The Kier molecular flexibility index (Phi) is 5.95. The summed E-state index contributed by atoms with van der Waals surface area (Å²) in [5, 5.41) is 13.9. The average molecular weight is 301 g/mol. The predicted octanol–water partition coefficient (Wildman–Crippen LogP) is -0.356. The van der Waals surface area contributed by atoms with Gasteiger partial charge in [0.2, 0.25) is 5.91 Å². The highest BCUT2D eigenvalue weighted by Gasteiger charge is 2.41. The third-order valence-corrected chi connectivity index (χ3v) is 3.75. The van der Waals surface area contributed by atoms with Crippen molar-refractivity contribution in [2.75, 3.05) is 33.8 Å². The number of carbonyl (C=O) groups excluding carboxylic acids is 2. The van der Waals surface area contributed by atoms with E-state index in [1.165, 1.54) is 7.11 Å². The molecule has 1 rings (SSSR count). The van der Waals surface area contributed by atoms with Crippen LogP contribution in [0.4, 0.5) is 4.79 Å². The summed E-state index contributed by atoms with van der Waals surface area (Å²) in [5.41, 5.74) is -0.576. The van der Waals surface area contributed by atoms with Crippen molar-refractivity contribution >= 4 is 17.9 Å². The summed E-state index contributed by atoms with van der Waals surface area (Å²) < 4.78 is 4.99. The second-order valence-corrected chi connectivity index (χ2v) is 5.45. The quantitative estimate of drug-likeness (QED) is 0.621. The molecule has 0 aromatic heterocycles. The summed E-state index contributed by atoms with van der Waals surface area (Å²) >= 11 is 0. The first-order valence-corrected chi connectivity index (χ1v) is 6.82. The number of likely N-dealkylation sites (tertiary alicyclic amines) is 1. The van der Waals surface area contributed by atoms with E-state index in [4.69, 9.17) is 9.84 Å². The van der Waals surface area contributed by atoms with Crippen molar-refractivity contribution in [2.45, 2.75) is 25.9 Å². The van der Waals surface area contributed by atoms with Crippen molar-refractivity contribution in [3.8, 4) is 0 Å². The summed E-state index contributed by atoms with van der Waals surface area (Å²) in [6.45, 7) is 2.78. The lowest BCUT2D eigenvalue weighted by Gasteiger charge is -2.23. The molecule has 2 atom stereocenters. The first-order chi connectivity index (χ1) is 9.82. The Labute approximate surface area is 123 Å². The Morgan fingerprint density at radius 1 is 1.43 bits per heavy atom. The van der Waals surface area contributed by atoms with Crippen molar-refractivity contribution < 1.29 is 24.2 Å². The molecule has 21 heavy (non-hydrogen) atoms. The number of urea groups is 1. The van der Waals surface area contributed by atoms with Crippen LogP contribution in [0.3, 0.4) is 0 Å². The highest BCUT2D eigenvalue weighted by molar-refractivity contribution is 5.84. The molecule has 0 bridgehead atoms. The summed E-state index contributed by atoms with van der Waals surface area (Å²) in [6, 6.07) is -0.310. The highest BCUT2D eigenvalue weighted by atomic mass is 16.5. The maximum Gasteiger partial charge on any atom is 0.317 e. The van der Waals surface area contributed by atoms with E-state index in [1.807, 2.05) is 6.92 Å². The molecule has 8 nitrogen and oxygen atoms in total. The number of carboxylic acids is 1. The molecule has 0 aromatic carbocycles. The molecular formula is C13H23N3O5. The van der Waals surface area contributed by atoms with Gasteiger partial charge < -0.3 is 25.4 Å². The van der Waals surface area contributed by atoms with Crippen molar-refractivity contribution in [1.82, 2.24) is 15.5 Å². The lowest BCUT2D eigenvalue weighted by atomic mass is 9.89. The molecule has 1 aliphatic heterocycles. The van der Waals surface area contributed by atoms with Gasteiger partial charge in [0.25, 0.3) is 0 Å². The van der Waals surface area contributed by atoms with Crippen LogP contribution < -0.4 is 10.6 Å². The largest absolute Gasteiger partial charge is 0.481 e. The molecule has 3 N–H and O–H groups in total. The minimum atomic E-state index is -0.982. The Morgan fingerprint density at radius 2 is 2.10 bits per heavy atom. The van der Waals surface area contributed by atoms with Crippen LogP contribution in [0, 0.1) is 5.41 Å². The second-order valence-electron chi connectivity index (χ2n) is 5.45. The molecular weight excluding hydrogens is 278 g/mol. The molecule has 0 saturated carbocycles. The van der Waals surface area contributed by atoms with Gasteiger partial charge in [-0.05, 0) is 13.3 Å². The molecule has 0 spiro atoms. The van der Waals surface area contributed by atoms with E-state index < -0.39 is 17.5 Å². The number of amides is 3. The van der Waals surface area contributed by atoms with E-state index in [1.54, 1.807) is 11.9 Å². The number of ether oxygens (including phenoxy) is 1. The van der Waals surface area contributed by atoms with Crippen LogP contribution in [0.25, 0.3) is 0 Å². The van der Waals surface area contributed by atoms with Crippen molar-refractivity contribution in [2.24, 2.45) is 5.41 Å². The summed E-state index contributed by atoms with van der Waals surface area (Å²) in [6.07, 6.45) is -0.144. The summed E-state index contributed by atoms with van der Waals surface area (Å²) in [5.74, 6) is -1.07. The zero-order valence-electron chi connectivity index (χ0n) is 12.6. The van der Waals surface area contributed by atoms with Crippen LogP contribution >= 0.6 is 0 Å². The Hall–Kier alpha value is -1.83. The molecule has 1 heterocycles. The summed E-state index contributed by atoms with van der Waals surface area (Å²) in [7, 11) is 2.98. The van der Waals surface area contributed by atoms with Crippen LogP contribution in [0.5, 0.6) is 0 Å². The van der Waals surface area contributed by atoms with Gasteiger partial charge in [-0.2, -0.15) is 0 Å². The van der Waals surface area contributed by atoms with Crippen molar-refractivity contribution in [1.29, 1.82) is 0 Å². The predicted molar refractivity (Wildman–Crippen MR) is 74.8 cm³/mol. The van der Waals surface area contributed by atoms with E-state index in [-0.39, 0.29) is 24.9 Å². The molecule has 1 fully saturated rings. The molecule has 8 heteroatoms. The van der Waals surface area contributed by atoms with Gasteiger partial charge in [0.05, 0.1) is 17.9 Å². The lowest BCUT2D eigenvalue weighted by Crippen LogP contribution is -2.45. The Bertz CT molecular complexity index is 415. The van der Waals surface area contributed by atoms with Crippen LogP contribution in [0.1, 0.15) is 19.8 Å². The van der Waals surface area contributed by atoms with Crippen molar-refractivity contribution in [3.63, 3.8) is 0 Å². The van der Waals surface area contributed by atoms with Gasteiger partial charge in [-0.1, -0.05) is 0 Å². The number of rotatable bonds is 6. The molecule has 120 valence electrons. The van der Waals surface area contributed by atoms with Crippen LogP contribution in [-0.4, -0.2) is 67.8 Å². The molecule has 3 amide bonds. The van der Waals surface area contributed by atoms with Gasteiger partial charge in [-0.15, -0.1) is 0 Å². The number of aliphatic carboxylic acids is 1. The van der Waals surface area contributed by atoms with E-state index in [0.717, 1.165) is 0 Å². The van der Waals surface area contributed by atoms with E-state index >= 15 is 0 Å². The first kappa shape index (κ1) is 17.2. The Balaban J connectivity index is 2.47. The van der Waals surface area contributed by atoms with Gasteiger partial charge in [-0.25, -0.2) is 4.79 Å². The molecule has 1 saturated heterocycles. The number of carboxylic acid groups (broad SMARTS) is 1. The van der Waals surface area contributed by atoms with Gasteiger partial charge in [0.1, 0.15) is 0 Å². The number of carbonyl (C=O) groups is 3. The topological polar surface area (TPSA) is 108 Å². The minimum absolute atomic E-state index is 0.0848. The Morgan fingerprint density at radius 3 is 2.62 bits per heavy atom.